The highest BCUT2D eigenvalue weighted by atomic mass is 19.1. The molecule has 0 radical (unpaired) electrons. The Morgan fingerprint density at radius 2 is 2.12 bits per heavy atom. The van der Waals surface area contributed by atoms with E-state index in [4.69, 9.17) is 4.74 Å². The Bertz CT molecular complexity index is 866. The fraction of sp³-hybridized carbons (Fsp3) is 0.235. The summed E-state index contributed by atoms with van der Waals surface area (Å²) in [5.41, 5.74) is 2.26. The maximum absolute atomic E-state index is 13.3. The Hall–Kier alpha value is -2.64. The minimum atomic E-state index is -0.319. The van der Waals surface area contributed by atoms with E-state index in [-0.39, 0.29) is 11.9 Å². The van der Waals surface area contributed by atoms with E-state index in [2.05, 4.69) is 25.6 Å². The third kappa shape index (κ3) is 3.04. The Labute approximate surface area is 138 Å². The molecule has 0 amide bonds. The van der Waals surface area contributed by atoms with Gasteiger partial charge in [0.1, 0.15) is 24.1 Å². The van der Waals surface area contributed by atoms with E-state index in [1.807, 2.05) is 12.1 Å². The second-order valence-corrected chi connectivity index (χ2v) is 5.54. The molecule has 1 saturated heterocycles. The summed E-state index contributed by atoms with van der Waals surface area (Å²) in [6.07, 6.45) is 3.09. The average molecular weight is 325 g/mol. The van der Waals surface area contributed by atoms with Crippen LogP contribution in [0.1, 0.15) is 11.8 Å². The molecule has 2 N–H and O–H groups in total. The summed E-state index contributed by atoms with van der Waals surface area (Å²) >= 11 is 0. The maximum Gasteiger partial charge on any atom is 0.141 e. The summed E-state index contributed by atoms with van der Waals surface area (Å²) in [7, 11) is 0. The largest absolute Gasteiger partial charge is 0.369 e. The summed E-state index contributed by atoms with van der Waals surface area (Å²) < 4.78 is 19.1. The van der Waals surface area contributed by atoms with Crippen molar-refractivity contribution in [3.63, 3.8) is 0 Å². The molecule has 3 heterocycles. The van der Waals surface area contributed by atoms with Gasteiger partial charge >= 0.3 is 0 Å². The van der Waals surface area contributed by atoms with Crippen molar-refractivity contribution in [1.29, 1.82) is 0 Å². The quantitative estimate of drug-likeness (QED) is 0.771. The van der Waals surface area contributed by atoms with Crippen LogP contribution in [0.5, 0.6) is 0 Å². The number of benzene rings is 1. The highest BCUT2D eigenvalue weighted by Gasteiger charge is 2.17. The van der Waals surface area contributed by atoms with E-state index in [1.54, 1.807) is 12.3 Å². The van der Waals surface area contributed by atoms with Crippen molar-refractivity contribution in [3.8, 4) is 0 Å². The molecule has 6 nitrogen and oxygen atoms in total. The molecule has 3 aromatic rings. The number of fused-ring (bicyclic) bond motifs is 1. The summed E-state index contributed by atoms with van der Waals surface area (Å²) in [6, 6.07) is 8.26. The molecule has 4 rings (SSSR count). The van der Waals surface area contributed by atoms with Crippen LogP contribution in [0.2, 0.25) is 0 Å². The average Bonchev–Trinajstić information content (AvgIpc) is 2.63. The van der Waals surface area contributed by atoms with Gasteiger partial charge in [-0.2, -0.15) is 0 Å². The zero-order valence-corrected chi connectivity index (χ0v) is 12.9. The molecule has 0 bridgehead atoms. The lowest BCUT2D eigenvalue weighted by molar-refractivity contribution is 0.0251. The third-order valence-corrected chi connectivity index (χ3v) is 3.90. The van der Waals surface area contributed by atoms with Crippen LogP contribution in [-0.4, -0.2) is 34.6 Å². The fourth-order valence-electron chi connectivity index (χ4n) is 2.72. The van der Waals surface area contributed by atoms with Gasteiger partial charge in [0.15, 0.2) is 0 Å². The van der Waals surface area contributed by atoms with E-state index < -0.39 is 0 Å². The number of halogens is 1. The summed E-state index contributed by atoms with van der Waals surface area (Å²) in [5, 5.41) is 7.30. The SMILES string of the molecule is Fc1ccc2c(Nc3ccnc(C4CNCCO4)c3)ncnc2c1. The Balaban J connectivity index is 1.63. The molecule has 7 heteroatoms. The number of anilines is 2. The molecule has 1 aromatic carbocycles. The minimum Gasteiger partial charge on any atom is -0.369 e. The number of morpholine rings is 1. The number of nitrogens with zero attached hydrogens (tertiary/aromatic N) is 3. The van der Waals surface area contributed by atoms with Crippen LogP contribution in [0.25, 0.3) is 10.9 Å². The molecular formula is C17H16FN5O. The van der Waals surface area contributed by atoms with E-state index in [0.717, 1.165) is 29.9 Å². The number of hydrogen-bond acceptors (Lipinski definition) is 6. The number of ether oxygens (including phenoxy) is 1. The van der Waals surface area contributed by atoms with Crippen molar-refractivity contribution >= 4 is 22.4 Å². The van der Waals surface area contributed by atoms with E-state index in [0.29, 0.717) is 17.9 Å². The van der Waals surface area contributed by atoms with Crippen LogP contribution in [-0.2, 0) is 4.74 Å². The van der Waals surface area contributed by atoms with Crippen molar-refractivity contribution in [2.75, 3.05) is 25.0 Å². The normalized spacial score (nSPS) is 17.8. The van der Waals surface area contributed by atoms with Gasteiger partial charge in [0.2, 0.25) is 0 Å². The van der Waals surface area contributed by atoms with Gasteiger partial charge in [-0.3, -0.25) is 4.98 Å². The molecule has 2 aromatic heterocycles. The molecule has 1 aliphatic rings. The molecule has 0 aliphatic carbocycles. The zero-order chi connectivity index (χ0) is 16.4. The van der Waals surface area contributed by atoms with Gasteiger partial charge in [-0.1, -0.05) is 0 Å². The second-order valence-electron chi connectivity index (χ2n) is 5.54. The second kappa shape index (κ2) is 6.46. The number of aromatic nitrogens is 3. The molecule has 0 spiro atoms. The zero-order valence-electron chi connectivity index (χ0n) is 12.9. The van der Waals surface area contributed by atoms with Crippen LogP contribution in [0.4, 0.5) is 15.9 Å². The third-order valence-electron chi connectivity index (χ3n) is 3.90. The van der Waals surface area contributed by atoms with E-state index >= 15 is 0 Å². The lowest BCUT2D eigenvalue weighted by atomic mass is 10.2. The Morgan fingerprint density at radius 3 is 3.00 bits per heavy atom. The number of nitrogens with one attached hydrogen (secondary N) is 2. The van der Waals surface area contributed by atoms with Crippen molar-refractivity contribution in [2.45, 2.75) is 6.10 Å². The number of hydrogen-bond donors (Lipinski definition) is 2. The lowest BCUT2D eigenvalue weighted by Crippen LogP contribution is -2.33. The fourth-order valence-corrected chi connectivity index (χ4v) is 2.72. The molecule has 1 atom stereocenters. The van der Waals surface area contributed by atoms with Crippen LogP contribution in [0.15, 0.2) is 42.9 Å². The van der Waals surface area contributed by atoms with Crippen molar-refractivity contribution < 1.29 is 9.13 Å². The molecule has 0 saturated carbocycles. The lowest BCUT2D eigenvalue weighted by Gasteiger charge is -2.23. The maximum atomic E-state index is 13.3. The molecule has 1 fully saturated rings. The predicted molar refractivity (Wildman–Crippen MR) is 88.6 cm³/mol. The molecule has 1 unspecified atom stereocenters. The van der Waals surface area contributed by atoms with Gasteiger partial charge in [0, 0.05) is 36.4 Å². The first kappa shape index (κ1) is 14.9. The highest BCUT2D eigenvalue weighted by Crippen LogP contribution is 2.25. The van der Waals surface area contributed by atoms with Crippen LogP contribution in [0, 0.1) is 5.82 Å². The highest BCUT2D eigenvalue weighted by molar-refractivity contribution is 5.90. The number of pyridine rings is 1. The van der Waals surface area contributed by atoms with Crippen LogP contribution in [0.3, 0.4) is 0 Å². The Morgan fingerprint density at radius 1 is 1.17 bits per heavy atom. The van der Waals surface area contributed by atoms with Crippen molar-refractivity contribution in [2.24, 2.45) is 0 Å². The van der Waals surface area contributed by atoms with Crippen molar-refractivity contribution in [1.82, 2.24) is 20.3 Å². The van der Waals surface area contributed by atoms with Gasteiger partial charge in [-0.25, -0.2) is 14.4 Å². The van der Waals surface area contributed by atoms with E-state index in [1.165, 1.54) is 18.5 Å². The standard InChI is InChI=1S/C17H16FN5O/c18-11-1-2-13-14(7-11)21-10-22-17(13)23-12-3-4-20-15(8-12)16-9-19-5-6-24-16/h1-4,7-8,10,16,19H,5-6,9H2,(H,20,21,22,23). The first-order chi connectivity index (χ1) is 11.8. The van der Waals surface area contributed by atoms with Crippen LogP contribution >= 0.6 is 0 Å². The summed E-state index contributed by atoms with van der Waals surface area (Å²) in [6.45, 7) is 2.27. The molecular weight excluding hydrogens is 309 g/mol. The van der Waals surface area contributed by atoms with Gasteiger partial charge in [-0.15, -0.1) is 0 Å². The van der Waals surface area contributed by atoms with Gasteiger partial charge in [0.05, 0.1) is 17.8 Å². The van der Waals surface area contributed by atoms with Gasteiger partial charge in [0.25, 0.3) is 0 Å². The molecule has 24 heavy (non-hydrogen) atoms. The number of rotatable bonds is 3. The van der Waals surface area contributed by atoms with Crippen LogP contribution < -0.4 is 10.6 Å². The summed E-state index contributed by atoms with van der Waals surface area (Å²) in [5.74, 6) is 0.306. The first-order valence-electron chi connectivity index (χ1n) is 7.75. The molecule has 122 valence electrons. The monoisotopic (exact) mass is 325 g/mol. The van der Waals surface area contributed by atoms with E-state index in [9.17, 15) is 4.39 Å². The van der Waals surface area contributed by atoms with Gasteiger partial charge in [-0.05, 0) is 24.3 Å². The predicted octanol–water partition coefficient (Wildman–Crippen LogP) is 2.57. The first-order valence-corrected chi connectivity index (χ1v) is 7.75. The topological polar surface area (TPSA) is 72.0 Å². The molecule has 1 aliphatic heterocycles. The van der Waals surface area contributed by atoms with Gasteiger partial charge < -0.3 is 15.4 Å². The smallest absolute Gasteiger partial charge is 0.141 e. The Kier molecular flexibility index (Phi) is 4.02. The summed E-state index contributed by atoms with van der Waals surface area (Å²) in [4.78, 5) is 12.8. The van der Waals surface area contributed by atoms with Crippen molar-refractivity contribution in [3.05, 3.63) is 54.4 Å². The minimum absolute atomic E-state index is 0.0586.